The Hall–Kier alpha value is -3.93. The maximum atomic E-state index is 12.8. The Bertz CT molecular complexity index is 1120. The lowest BCUT2D eigenvalue weighted by molar-refractivity contribution is -0.116. The van der Waals surface area contributed by atoms with Gasteiger partial charge in [-0.25, -0.2) is 9.69 Å². The zero-order valence-electron chi connectivity index (χ0n) is 16.0. The lowest BCUT2D eigenvalue weighted by Crippen LogP contribution is -2.32. The minimum atomic E-state index is -0.408. The van der Waals surface area contributed by atoms with Crippen molar-refractivity contribution in [1.29, 1.82) is 5.26 Å². The maximum absolute atomic E-state index is 12.8. The lowest BCUT2D eigenvalue weighted by atomic mass is 10.1. The Morgan fingerprint density at radius 1 is 1.24 bits per heavy atom. The van der Waals surface area contributed by atoms with Gasteiger partial charge < -0.3 is 9.42 Å². The van der Waals surface area contributed by atoms with Crippen molar-refractivity contribution in [3.05, 3.63) is 64.8 Å². The molecule has 1 aliphatic heterocycles. The molecule has 0 spiro atoms. The molecule has 3 amide bonds. The largest absolute Gasteiger partial charge is 0.361 e. The fourth-order valence-electron chi connectivity index (χ4n) is 3.33. The molecule has 146 valence electrons. The van der Waals surface area contributed by atoms with E-state index >= 15 is 0 Å². The van der Waals surface area contributed by atoms with Crippen molar-refractivity contribution < 1.29 is 14.1 Å². The monoisotopic (exact) mass is 390 g/mol. The van der Waals surface area contributed by atoms with Gasteiger partial charge in [0.2, 0.25) is 0 Å². The molecule has 0 bridgehead atoms. The van der Waals surface area contributed by atoms with Crippen molar-refractivity contribution in [1.82, 2.24) is 19.8 Å². The first-order chi connectivity index (χ1) is 14.0. The van der Waals surface area contributed by atoms with E-state index < -0.39 is 6.03 Å². The number of nitriles is 1. The van der Waals surface area contributed by atoms with Gasteiger partial charge in [-0.1, -0.05) is 17.3 Å². The molecule has 1 fully saturated rings. The SMILES string of the molecule is Cc1noc(C)c1Cn1cc(N2C(=O)CN(Cc3cccc(C#N)c3)C2=O)cn1. The number of hydrogen-bond acceptors (Lipinski definition) is 6. The van der Waals surface area contributed by atoms with E-state index in [1.54, 1.807) is 29.1 Å². The molecule has 0 aliphatic carbocycles. The zero-order valence-corrected chi connectivity index (χ0v) is 16.0. The highest BCUT2D eigenvalue weighted by molar-refractivity contribution is 6.19. The van der Waals surface area contributed by atoms with Gasteiger partial charge in [0, 0.05) is 18.3 Å². The van der Waals surface area contributed by atoms with Crippen LogP contribution in [0, 0.1) is 25.2 Å². The molecule has 1 aromatic carbocycles. The number of carbonyl (C=O) groups is 2. The standard InChI is InChI=1S/C20H18N6O3/c1-13-18(14(2)29-23-13)11-25-10-17(8-22-25)26-19(27)12-24(20(26)28)9-16-5-3-4-15(6-16)7-21/h3-6,8,10H,9,11-12H2,1-2H3. The van der Waals surface area contributed by atoms with Crippen molar-refractivity contribution in [3.63, 3.8) is 0 Å². The number of urea groups is 1. The van der Waals surface area contributed by atoms with E-state index in [0.29, 0.717) is 23.6 Å². The number of hydrogen-bond donors (Lipinski definition) is 0. The van der Waals surface area contributed by atoms with Crippen LogP contribution in [0.15, 0.2) is 41.2 Å². The highest BCUT2D eigenvalue weighted by Gasteiger charge is 2.37. The lowest BCUT2D eigenvalue weighted by Gasteiger charge is -2.16. The summed E-state index contributed by atoms with van der Waals surface area (Å²) in [5.41, 5.74) is 3.41. The van der Waals surface area contributed by atoms with E-state index in [2.05, 4.69) is 16.3 Å². The van der Waals surface area contributed by atoms with Crippen molar-refractivity contribution in [2.24, 2.45) is 0 Å². The third-order valence-electron chi connectivity index (χ3n) is 4.85. The van der Waals surface area contributed by atoms with Crippen LogP contribution < -0.4 is 4.90 Å². The molecule has 29 heavy (non-hydrogen) atoms. The van der Waals surface area contributed by atoms with Gasteiger partial charge in [0.05, 0.1) is 35.8 Å². The van der Waals surface area contributed by atoms with Crippen LogP contribution in [0.5, 0.6) is 0 Å². The van der Waals surface area contributed by atoms with Gasteiger partial charge in [-0.2, -0.15) is 10.4 Å². The van der Waals surface area contributed by atoms with Crippen LogP contribution in [0.1, 0.15) is 28.1 Å². The highest BCUT2D eigenvalue weighted by atomic mass is 16.5. The fraction of sp³-hybridized carbons (Fsp3) is 0.250. The van der Waals surface area contributed by atoms with Crippen molar-refractivity contribution in [2.45, 2.75) is 26.9 Å². The molecule has 0 N–H and O–H groups in total. The number of imide groups is 1. The van der Waals surface area contributed by atoms with Gasteiger partial charge in [-0.15, -0.1) is 0 Å². The summed E-state index contributed by atoms with van der Waals surface area (Å²) in [6.45, 7) is 4.34. The number of anilines is 1. The molecular weight excluding hydrogens is 372 g/mol. The number of benzene rings is 1. The van der Waals surface area contributed by atoms with Crippen molar-refractivity contribution >= 4 is 17.6 Å². The Morgan fingerprint density at radius 3 is 2.79 bits per heavy atom. The Balaban J connectivity index is 1.51. The summed E-state index contributed by atoms with van der Waals surface area (Å²) in [4.78, 5) is 27.9. The van der Waals surface area contributed by atoms with Crippen molar-refractivity contribution in [2.75, 3.05) is 11.4 Å². The van der Waals surface area contributed by atoms with Gasteiger partial charge in [-0.05, 0) is 31.5 Å². The molecule has 9 heteroatoms. The van der Waals surface area contributed by atoms with E-state index in [1.165, 1.54) is 11.1 Å². The topological polar surface area (TPSA) is 108 Å². The second-order valence-electron chi connectivity index (χ2n) is 6.88. The summed E-state index contributed by atoms with van der Waals surface area (Å²) in [5.74, 6) is 0.391. The molecule has 4 rings (SSSR count). The molecule has 0 atom stereocenters. The third-order valence-corrected chi connectivity index (χ3v) is 4.85. The maximum Gasteiger partial charge on any atom is 0.332 e. The van der Waals surface area contributed by atoms with Crippen LogP contribution in [0.25, 0.3) is 0 Å². The predicted molar refractivity (Wildman–Crippen MR) is 102 cm³/mol. The molecule has 0 saturated carbocycles. The number of aryl methyl sites for hydroxylation is 2. The van der Waals surface area contributed by atoms with E-state index in [0.717, 1.165) is 21.7 Å². The number of nitrogens with zero attached hydrogens (tertiary/aromatic N) is 6. The number of aromatic nitrogens is 3. The Kier molecular flexibility index (Phi) is 4.60. The zero-order chi connectivity index (χ0) is 20.5. The average molecular weight is 390 g/mol. The summed E-state index contributed by atoms with van der Waals surface area (Å²) in [7, 11) is 0. The molecule has 3 aromatic rings. The summed E-state index contributed by atoms with van der Waals surface area (Å²) in [6, 6.07) is 8.65. The number of carbonyl (C=O) groups excluding carboxylic acids is 2. The summed E-state index contributed by atoms with van der Waals surface area (Å²) in [6.07, 6.45) is 3.15. The van der Waals surface area contributed by atoms with E-state index in [4.69, 9.17) is 9.78 Å². The quantitative estimate of drug-likeness (QED) is 0.619. The summed E-state index contributed by atoms with van der Waals surface area (Å²) >= 11 is 0. The smallest absolute Gasteiger partial charge is 0.332 e. The molecule has 3 heterocycles. The molecular formula is C20H18N6O3. The second-order valence-corrected chi connectivity index (χ2v) is 6.88. The predicted octanol–water partition coefficient (Wildman–Crippen LogP) is 2.38. The van der Waals surface area contributed by atoms with Crippen LogP contribution in [-0.4, -0.2) is 38.3 Å². The van der Waals surface area contributed by atoms with Gasteiger partial charge in [-0.3, -0.25) is 9.48 Å². The van der Waals surface area contributed by atoms with Crippen molar-refractivity contribution in [3.8, 4) is 6.07 Å². The average Bonchev–Trinajstić information content (AvgIpc) is 3.37. The van der Waals surface area contributed by atoms with Gasteiger partial charge in [0.15, 0.2) is 0 Å². The third kappa shape index (κ3) is 3.48. The molecule has 2 aromatic heterocycles. The van der Waals surface area contributed by atoms with E-state index in [9.17, 15) is 9.59 Å². The molecule has 9 nitrogen and oxygen atoms in total. The second kappa shape index (κ2) is 7.24. The van der Waals surface area contributed by atoms with E-state index in [-0.39, 0.29) is 19.0 Å². The minimum Gasteiger partial charge on any atom is -0.361 e. The normalized spacial score (nSPS) is 14.0. The van der Waals surface area contributed by atoms with Gasteiger partial charge >= 0.3 is 6.03 Å². The Morgan fingerprint density at radius 2 is 2.07 bits per heavy atom. The van der Waals surface area contributed by atoms with Crippen LogP contribution in [-0.2, 0) is 17.9 Å². The molecule has 0 unspecified atom stereocenters. The molecule has 1 saturated heterocycles. The van der Waals surface area contributed by atoms with E-state index in [1.807, 2.05) is 19.9 Å². The molecule has 1 aliphatic rings. The van der Waals surface area contributed by atoms with Crippen LogP contribution >= 0.6 is 0 Å². The summed E-state index contributed by atoms with van der Waals surface area (Å²) in [5, 5.41) is 17.2. The van der Waals surface area contributed by atoms with Gasteiger partial charge in [0.25, 0.3) is 5.91 Å². The Labute approximate surface area is 166 Å². The van der Waals surface area contributed by atoms with Gasteiger partial charge in [0.1, 0.15) is 12.3 Å². The van der Waals surface area contributed by atoms with Crippen LogP contribution in [0.2, 0.25) is 0 Å². The highest BCUT2D eigenvalue weighted by Crippen LogP contribution is 2.23. The first kappa shape index (κ1) is 18.4. The fourth-order valence-corrected chi connectivity index (χ4v) is 3.33. The first-order valence-electron chi connectivity index (χ1n) is 9.01. The summed E-state index contributed by atoms with van der Waals surface area (Å²) < 4.78 is 6.80. The molecule has 0 radical (unpaired) electrons. The number of rotatable bonds is 5. The minimum absolute atomic E-state index is 0.0232. The van der Waals surface area contributed by atoms with Crippen LogP contribution in [0.4, 0.5) is 10.5 Å². The number of amides is 3. The van der Waals surface area contributed by atoms with Crippen LogP contribution in [0.3, 0.4) is 0 Å². The first-order valence-corrected chi connectivity index (χ1v) is 9.01.